The van der Waals surface area contributed by atoms with Crippen molar-refractivity contribution in [3.8, 4) is 0 Å². The summed E-state index contributed by atoms with van der Waals surface area (Å²) in [6.07, 6.45) is 8.14. The molecular formula is C13H25NO2. The molecule has 1 aliphatic carbocycles. The highest BCUT2D eigenvalue weighted by Crippen LogP contribution is 2.23. The molecule has 0 bridgehead atoms. The van der Waals surface area contributed by atoms with Crippen molar-refractivity contribution in [2.24, 2.45) is 0 Å². The Balaban J connectivity index is 1.57. The van der Waals surface area contributed by atoms with Crippen LogP contribution in [0.5, 0.6) is 0 Å². The normalized spacial score (nSPS) is 34.7. The van der Waals surface area contributed by atoms with Crippen LogP contribution in [0.4, 0.5) is 0 Å². The van der Waals surface area contributed by atoms with Crippen LogP contribution in [0.2, 0.25) is 0 Å². The third kappa shape index (κ3) is 3.72. The highest BCUT2D eigenvalue weighted by molar-refractivity contribution is 4.81. The molecule has 0 aromatic rings. The van der Waals surface area contributed by atoms with Crippen molar-refractivity contribution < 1.29 is 9.47 Å². The maximum absolute atomic E-state index is 5.93. The average Bonchev–Trinajstić information content (AvgIpc) is 2.95. The van der Waals surface area contributed by atoms with Gasteiger partial charge in [0.25, 0.3) is 0 Å². The maximum atomic E-state index is 5.93. The Kier molecular flexibility index (Phi) is 5.07. The Hall–Kier alpha value is -0.120. The fourth-order valence-electron chi connectivity index (χ4n) is 2.64. The first-order valence-electron chi connectivity index (χ1n) is 6.85. The molecule has 0 radical (unpaired) electrons. The van der Waals surface area contributed by atoms with Crippen molar-refractivity contribution in [2.75, 3.05) is 19.8 Å². The number of hydrogen-bond acceptors (Lipinski definition) is 3. The first-order chi connectivity index (χ1) is 7.88. The van der Waals surface area contributed by atoms with Crippen LogP contribution in [0.3, 0.4) is 0 Å². The van der Waals surface area contributed by atoms with E-state index in [4.69, 9.17) is 9.47 Å². The maximum Gasteiger partial charge on any atom is 0.0809 e. The average molecular weight is 227 g/mol. The molecule has 1 aliphatic heterocycles. The van der Waals surface area contributed by atoms with Gasteiger partial charge in [-0.2, -0.15) is 0 Å². The highest BCUT2D eigenvalue weighted by atomic mass is 16.5. The van der Waals surface area contributed by atoms with Crippen molar-refractivity contribution in [3.05, 3.63) is 0 Å². The van der Waals surface area contributed by atoms with E-state index in [0.717, 1.165) is 19.8 Å². The summed E-state index contributed by atoms with van der Waals surface area (Å²) in [5.74, 6) is 0. The van der Waals surface area contributed by atoms with Gasteiger partial charge in [0, 0.05) is 12.6 Å². The van der Waals surface area contributed by atoms with Gasteiger partial charge in [0.2, 0.25) is 0 Å². The predicted molar refractivity (Wildman–Crippen MR) is 64.6 cm³/mol. The number of ether oxygens (including phenoxy) is 2. The molecule has 2 rings (SSSR count). The summed E-state index contributed by atoms with van der Waals surface area (Å²) >= 11 is 0. The summed E-state index contributed by atoms with van der Waals surface area (Å²) in [6, 6.07) is 0.689. The quantitative estimate of drug-likeness (QED) is 0.754. The molecule has 1 saturated carbocycles. The standard InChI is InChI=1S/C13H25NO2/c1-2-7-14-11-5-6-12(9-11)16-10-13-4-3-8-15-13/h11-14H,2-10H2,1H3. The highest BCUT2D eigenvalue weighted by Gasteiger charge is 2.26. The smallest absolute Gasteiger partial charge is 0.0809 e. The second-order valence-corrected chi connectivity index (χ2v) is 5.05. The second-order valence-electron chi connectivity index (χ2n) is 5.05. The van der Waals surface area contributed by atoms with Gasteiger partial charge in [-0.1, -0.05) is 6.92 Å². The minimum Gasteiger partial charge on any atom is -0.376 e. The van der Waals surface area contributed by atoms with Gasteiger partial charge >= 0.3 is 0 Å². The fourth-order valence-corrected chi connectivity index (χ4v) is 2.64. The zero-order chi connectivity index (χ0) is 11.2. The molecule has 3 nitrogen and oxygen atoms in total. The topological polar surface area (TPSA) is 30.5 Å². The third-order valence-electron chi connectivity index (χ3n) is 3.61. The molecule has 1 saturated heterocycles. The van der Waals surface area contributed by atoms with E-state index >= 15 is 0 Å². The Morgan fingerprint density at radius 3 is 3.00 bits per heavy atom. The Morgan fingerprint density at radius 1 is 1.31 bits per heavy atom. The van der Waals surface area contributed by atoms with E-state index in [1.54, 1.807) is 0 Å². The lowest BCUT2D eigenvalue weighted by atomic mass is 10.2. The van der Waals surface area contributed by atoms with Crippen LogP contribution in [0.25, 0.3) is 0 Å². The Morgan fingerprint density at radius 2 is 2.25 bits per heavy atom. The summed E-state index contributed by atoms with van der Waals surface area (Å²) in [6.45, 7) is 5.10. The van der Waals surface area contributed by atoms with Gasteiger partial charge in [-0.05, 0) is 45.1 Å². The molecule has 0 spiro atoms. The molecule has 2 fully saturated rings. The summed E-state index contributed by atoms with van der Waals surface area (Å²) in [5, 5.41) is 3.58. The molecule has 1 heterocycles. The number of nitrogens with one attached hydrogen (secondary N) is 1. The zero-order valence-electron chi connectivity index (χ0n) is 10.4. The van der Waals surface area contributed by atoms with Crippen molar-refractivity contribution in [1.82, 2.24) is 5.32 Å². The minimum atomic E-state index is 0.377. The van der Waals surface area contributed by atoms with E-state index < -0.39 is 0 Å². The van der Waals surface area contributed by atoms with E-state index in [-0.39, 0.29) is 0 Å². The molecule has 3 unspecified atom stereocenters. The van der Waals surface area contributed by atoms with Crippen LogP contribution in [-0.2, 0) is 9.47 Å². The van der Waals surface area contributed by atoms with Crippen LogP contribution in [0.15, 0.2) is 0 Å². The van der Waals surface area contributed by atoms with Crippen LogP contribution in [0, 0.1) is 0 Å². The van der Waals surface area contributed by atoms with E-state index in [1.165, 1.54) is 38.5 Å². The zero-order valence-corrected chi connectivity index (χ0v) is 10.4. The van der Waals surface area contributed by atoms with E-state index in [9.17, 15) is 0 Å². The summed E-state index contributed by atoms with van der Waals surface area (Å²) in [7, 11) is 0. The molecule has 0 aromatic heterocycles. The molecule has 94 valence electrons. The molecule has 3 atom stereocenters. The molecule has 0 aromatic carbocycles. The number of hydrogen-bond donors (Lipinski definition) is 1. The molecular weight excluding hydrogens is 202 g/mol. The largest absolute Gasteiger partial charge is 0.376 e. The second kappa shape index (κ2) is 6.58. The van der Waals surface area contributed by atoms with Crippen molar-refractivity contribution >= 4 is 0 Å². The van der Waals surface area contributed by atoms with E-state index in [0.29, 0.717) is 18.2 Å². The summed E-state index contributed by atoms with van der Waals surface area (Å²) in [4.78, 5) is 0. The van der Waals surface area contributed by atoms with Crippen LogP contribution >= 0.6 is 0 Å². The molecule has 0 amide bonds. The minimum absolute atomic E-state index is 0.377. The van der Waals surface area contributed by atoms with Crippen LogP contribution < -0.4 is 5.32 Å². The lowest BCUT2D eigenvalue weighted by Gasteiger charge is -2.16. The van der Waals surface area contributed by atoms with Gasteiger partial charge in [0.05, 0.1) is 18.8 Å². The molecule has 1 N–H and O–H groups in total. The molecule has 3 heteroatoms. The van der Waals surface area contributed by atoms with Gasteiger partial charge in [0.1, 0.15) is 0 Å². The van der Waals surface area contributed by atoms with Gasteiger partial charge in [-0.15, -0.1) is 0 Å². The van der Waals surface area contributed by atoms with Crippen molar-refractivity contribution in [3.63, 3.8) is 0 Å². The Bertz CT molecular complexity index is 192. The van der Waals surface area contributed by atoms with Gasteiger partial charge in [-0.25, -0.2) is 0 Å². The lowest BCUT2D eigenvalue weighted by Crippen LogP contribution is -2.28. The Labute approximate surface area is 98.9 Å². The fraction of sp³-hybridized carbons (Fsp3) is 1.00. The van der Waals surface area contributed by atoms with Crippen LogP contribution in [0.1, 0.15) is 45.4 Å². The van der Waals surface area contributed by atoms with Gasteiger partial charge in [-0.3, -0.25) is 0 Å². The lowest BCUT2D eigenvalue weighted by molar-refractivity contribution is -0.0182. The first kappa shape index (κ1) is 12.3. The molecule has 2 aliphatic rings. The van der Waals surface area contributed by atoms with E-state index in [2.05, 4.69) is 12.2 Å². The SMILES string of the molecule is CCCNC1CCC(OCC2CCCO2)C1. The first-order valence-corrected chi connectivity index (χ1v) is 6.85. The molecule has 16 heavy (non-hydrogen) atoms. The third-order valence-corrected chi connectivity index (χ3v) is 3.61. The summed E-state index contributed by atoms with van der Waals surface area (Å²) < 4.78 is 11.5. The predicted octanol–water partition coefficient (Wildman–Crippen LogP) is 2.10. The monoisotopic (exact) mass is 227 g/mol. The van der Waals surface area contributed by atoms with Gasteiger partial charge < -0.3 is 14.8 Å². The van der Waals surface area contributed by atoms with Crippen molar-refractivity contribution in [1.29, 1.82) is 0 Å². The van der Waals surface area contributed by atoms with Crippen LogP contribution in [-0.4, -0.2) is 38.0 Å². The number of rotatable bonds is 6. The van der Waals surface area contributed by atoms with Gasteiger partial charge in [0.15, 0.2) is 0 Å². The van der Waals surface area contributed by atoms with Crippen molar-refractivity contribution in [2.45, 2.75) is 63.7 Å². The summed E-state index contributed by atoms with van der Waals surface area (Å²) in [5.41, 5.74) is 0. The van der Waals surface area contributed by atoms with E-state index in [1.807, 2.05) is 0 Å².